The van der Waals surface area contributed by atoms with Crippen molar-refractivity contribution in [1.29, 1.82) is 0 Å². The minimum Gasteiger partial charge on any atom is -0.495 e. The number of carbonyl (C=O) groups excluding carboxylic acids is 1. The smallest absolute Gasteiger partial charge is 0.494 e. The van der Waals surface area contributed by atoms with E-state index in [9.17, 15) is 4.79 Å². The number of benzene rings is 1. The quantitative estimate of drug-likeness (QED) is 0.585. The van der Waals surface area contributed by atoms with Gasteiger partial charge in [0.1, 0.15) is 11.4 Å². The van der Waals surface area contributed by atoms with Crippen LogP contribution >= 0.6 is 0 Å². The van der Waals surface area contributed by atoms with E-state index in [4.69, 9.17) is 18.8 Å². The van der Waals surface area contributed by atoms with Gasteiger partial charge in [0.2, 0.25) is 0 Å². The van der Waals surface area contributed by atoms with Crippen LogP contribution in [-0.2, 0) is 14.0 Å². The van der Waals surface area contributed by atoms with Gasteiger partial charge in [-0.15, -0.1) is 0 Å². The molecule has 0 unspecified atom stereocenters. The molecule has 1 aromatic carbocycles. The molecule has 36 heavy (non-hydrogen) atoms. The van der Waals surface area contributed by atoms with Crippen molar-refractivity contribution in [2.75, 3.05) is 51.3 Å². The Balaban J connectivity index is 1.32. The van der Waals surface area contributed by atoms with E-state index in [1.165, 1.54) is 0 Å². The molecule has 4 rings (SSSR count). The van der Waals surface area contributed by atoms with Crippen LogP contribution in [0.1, 0.15) is 61.3 Å². The molecule has 1 amide bonds. The van der Waals surface area contributed by atoms with Crippen LogP contribution in [0.15, 0.2) is 18.2 Å². The van der Waals surface area contributed by atoms with E-state index in [2.05, 4.69) is 55.7 Å². The summed E-state index contributed by atoms with van der Waals surface area (Å²) in [7, 11) is 1.33. The van der Waals surface area contributed by atoms with Crippen molar-refractivity contribution in [2.45, 2.75) is 84.2 Å². The molecular formula is C27H44BN3O5. The van der Waals surface area contributed by atoms with E-state index in [1.807, 2.05) is 25.7 Å². The lowest BCUT2D eigenvalue weighted by Gasteiger charge is -2.43. The summed E-state index contributed by atoms with van der Waals surface area (Å²) in [6, 6.07) is 6.83. The Morgan fingerprint density at radius 3 is 2.08 bits per heavy atom. The first-order valence-electron chi connectivity index (χ1n) is 13.3. The summed E-state index contributed by atoms with van der Waals surface area (Å²) in [6.07, 6.45) is 1.98. The van der Waals surface area contributed by atoms with Crippen LogP contribution in [0.4, 0.5) is 10.5 Å². The second-order valence-corrected chi connectivity index (χ2v) is 12.2. The van der Waals surface area contributed by atoms with Gasteiger partial charge in [0.25, 0.3) is 0 Å². The molecule has 1 aromatic rings. The number of carbonyl (C=O) groups is 1. The summed E-state index contributed by atoms with van der Waals surface area (Å²) in [5.41, 5.74) is 0.899. The van der Waals surface area contributed by atoms with Crippen LogP contribution in [-0.4, -0.2) is 92.2 Å². The third-order valence-corrected chi connectivity index (χ3v) is 8.02. The minimum atomic E-state index is -0.454. The van der Waals surface area contributed by atoms with E-state index >= 15 is 0 Å². The molecule has 8 nitrogen and oxygen atoms in total. The summed E-state index contributed by atoms with van der Waals surface area (Å²) in [6.45, 7) is 19.2. The highest BCUT2D eigenvalue weighted by atomic mass is 16.7. The third kappa shape index (κ3) is 5.78. The Bertz CT molecular complexity index is 916. The first-order valence-corrected chi connectivity index (χ1v) is 13.3. The molecule has 3 saturated heterocycles. The number of hydrogen-bond acceptors (Lipinski definition) is 7. The Labute approximate surface area is 217 Å². The summed E-state index contributed by atoms with van der Waals surface area (Å²) in [5.74, 6) is 0.853. The predicted octanol–water partition coefficient (Wildman–Crippen LogP) is 3.52. The summed E-state index contributed by atoms with van der Waals surface area (Å²) >= 11 is 0. The molecule has 0 radical (unpaired) electrons. The molecule has 3 aliphatic heterocycles. The lowest BCUT2D eigenvalue weighted by atomic mass is 9.79. The van der Waals surface area contributed by atoms with Crippen molar-refractivity contribution >= 4 is 24.4 Å². The van der Waals surface area contributed by atoms with Gasteiger partial charge in [-0.05, 0) is 78.9 Å². The van der Waals surface area contributed by atoms with Crippen molar-refractivity contribution < 1.29 is 23.6 Å². The highest BCUT2D eigenvalue weighted by Crippen LogP contribution is 2.37. The summed E-state index contributed by atoms with van der Waals surface area (Å²) < 4.78 is 23.8. The lowest BCUT2D eigenvalue weighted by Crippen LogP contribution is -2.55. The van der Waals surface area contributed by atoms with E-state index in [-0.39, 0.29) is 17.3 Å². The van der Waals surface area contributed by atoms with E-state index in [0.29, 0.717) is 6.04 Å². The van der Waals surface area contributed by atoms with Gasteiger partial charge in [-0.25, -0.2) is 4.79 Å². The largest absolute Gasteiger partial charge is 0.495 e. The molecule has 3 heterocycles. The average molecular weight is 501 g/mol. The number of amides is 1. The topological polar surface area (TPSA) is 63.7 Å². The number of hydrogen-bond donors (Lipinski definition) is 0. The number of piperazine rings is 1. The standard InChI is InChI=1S/C27H44BN3O5/c1-25(2,3)34-24(32)31-17-15-29(16-18-31)21-11-13-30(14-12-21)22-10-9-20(19-23(22)33-8)28-35-26(4,5)27(6,7)36-28/h9-10,19,21H,11-18H2,1-8H3. The normalized spacial score (nSPS) is 23.2. The van der Waals surface area contributed by atoms with E-state index in [0.717, 1.165) is 69.0 Å². The zero-order valence-corrected chi connectivity index (χ0v) is 23.4. The van der Waals surface area contributed by atoms with Crippen molar-refractivity contribution in [3.05, 3.63) is 18.2 Å². The second kappa shape index (κ2) is 10.1. The third-order valence-electron chi connectivity index (χ3n) is 8.02. The summed E-state index contributed by atoms with van der Waals surface area (Å²) in [4.78, 5) is 19.2. The second-order valence-electron chi connectivity index (χ2n) is 12.2. The zero-order chi connectivity index (χ0) is 26.3. The Morgan fingerprint density at radius 1 is 0.972 bits per heavy atom. The number of piperidine rings is 1. The Hall–Kier alpha value is -1.97. The van der Waals surface area contributed by atoms with Crippen LogP contribution in [0, 0.1) is 0 Å². The van der Waals surface area contributed by atoms with E-state index < -0.39 is 12.7 Å². The van der Waals surface area contributed by atoms with Gasteiger partial charge in [0.15, 0.2) is 0 Å². The van der Waals surface area contributed by atoms with E-state index in [1.54, 1.807) is 7.11 Å². The van der Waals surface area contributed by atoms with Gasteiger partial charge in [-0.2, -0.15) is 0 Å². The van der Waals surface area contributed by atoms with Crippen LogP contribution in [0.25, 0.3) is 0 Å². The van der Waals surface area contributed by atoms with Crippen molar-refractivity contribution in [3.63, 3.8) is 0 Å². The molecule has 0 bridgehead atoms. The number of methoxy groups -OCH3 is 1. The molecule has 0 atom stereocenters. The first kappa shape index (κ1) is 27.1. The lowest BCUT2D eigenvalue weighted by molar-refractivity contribution is 0.00578. The summed E-state index contributed by atoms with van der Waals surface area (Å²) in [5, 5.41) is 0. The number of nitrogens with zero attached hydrogens (tertiary/aromatic N) is 3. The molecule has 3 fully saturated rings. The number of rotatable bonds is 4. The SMILES string of the molecule is COc1cc(B2OC(C)(C)C(C)(C)O2)ccc1N1CCC(N2CCN(C(=O)OC(C)(C)C)CC2)CC1. The zero-order valence-electron chi connectivity index (χ0n) is 23.4. The van der Waals surface area contributed by atoms with Crippen LogP contribution in [0.3, 0.4) is 0 Å². The van der Waals surface area contributed by atoms with Crippen molar-refractivity contribution in [3.8, 4) is 5.75 Å². The molecule has 0 aromatic heterocycles. The minimum absolute atomic E-state index is 0.201. The first-order chi connectivity index (χ1) is 16.8. The molecule has 200 valence electrons. The fourth-order valence-corrected chi connectivity index (χ4v) is 5.15. The maximum atomic E-state index is 12.4. The van der Waals surface area contributed by atoms with Gasteiger partial charge < -0.3 is 28.6 Å². The maximum Gasteiger partial charge on any atom is 0.494 e. The van der Waals surface area contributed by atoms with Crippen LogP contribution < -0.4 is 15.1 Å². The van der Waals surface area contributed by atoms with Crippen LogP contribution in [0.2, 0.25) is 0 Å². The van der Waals surface area contributed by atoms with Gasteiger partial charge in [0, 0.05) is 45.3 Å². The molecule has 9 heteroatoms. The molecule has 3 aliphatic rings. The fraction of sp³-hybridized carbons (Fsp3) is 0.741. The van der Waals surface area contributed by atoms with Gasteiger partial charge >= 0.3 is 13.2 Å². The van der Waals surface area contributed by atoms with Crippen LogP contribution in [0.5, 0.6) is 5.75 Å². The van der Waals surface area contributed by atoms with Gasteiger partial charge in [0.05, 0.1) is 24.0 Å². The molecule has 0 spiro atoms. The molecule has 0 aliphatic carbocycles. The maximum absolute atomic E-state index is 12.4. The molecule has 0 saturated carbocycles. The van der Waals surface area contributed by atoms with Crippen molar-refractivity contribution in [2.24, 2.45) is 0 Å². The number of ether oxygens (including phenoxy) is 2. The predicted molar refractivity (Wildman–Crippen MR) is 143 cm³/mol. The molecular weight excluding hydrogens is 457 g/mol. The number of anilines is 1. The highest BCUT2D eigenvalue weighted by molar-refractivity contribution is 6.62. The Kier molecular flexibility index (Phi) is 7.57. The van der Waals surface area contributed by atoms with Crippen molar-refractivity contribution in [1.82, 2.24) is 9.80 Å². The van der Waals surface area contributed by atoms with Gasteiger partial charge in [-0.1, -0.05) is 6.07 Å². The fourth-order valence-electron chi connectivity index (χ4n) is 5.15. The van der Waals surface area contributed by atoms with Gasteiger partial charge in [-0.3, -0.25) is 4.90 Å². The monoisotopic (exact) mass is 501 g/mol. The molecule has 0 N–H and O–H groups in total. The average Bonchev–Trinajstić information content (AvgIpc) is 3.04. The Morgan fingerprint density at radius 2 is 1.56 bits per heavy atom. The highest BCUT2D eigenvalue weighted by Gasteiger charge is 2.51.